The maximum atomic E-state index is 11.7. The molecule has 1 fully saturated rings. The van der Waals surface area contributed by atoms with E-state index in [-0.39, 0.29) is 23.4 Å². The molecular formula is C11H14O4S. The summed E-state index contributed by atoms with van der Waals surface area (Å²) in [6, 6.07) is 3.24. The largest absolute Gasteiger partial charge is 0.461 e. The number of carbonyl (C=O) groups excluding carboxylic acids is 1. The highest BCUT2D eigenvalue weighted by molar-refractivity contribution is 7.85. The molecule has 4 nitrogen and oxygen atoms in total. The van der Waals surface area contributed by atoms with Crippen LogP contribution >= 0.6 is 0 Å². The lowest BCUT2D eigenvalue weighted by Gasteiger charge is -2.07. The third-order valence-corrected chi connectivity index (χ3v) is 3.81. The highest BCUT2D eigenvalue weighted by Gasteiger charge is 2.20. The first kappa shape index (κ1) is 11.5. The van der Waals surface area contributed by atoms with Gasteiger partial charge in [0.15, 0.2) is 5.76 Å². The second-order valence-electron chi connectivity index (χ2n) is 3.79. The van der Waals surface area contributed by atoms with E-state index in [0.717, 1.165) is 19.4 Å². The standard InChI is InChI=1S/C11H14O4S/c12-10(11-4-2-6-15-11)8-16(13)7-9-3-1-5-14-9/h2,4,6,9H,1,3,5,7-8H2. The Labute approximate surface area is 96.4 Å². The fourth-order valence-corrected chi connectivity index (χ4v) is 2.93. The number of hydrogen-bond donors (Lipinski definition) is 0. The average Bonchev–Trinajstić information content (AvgIpc) is 2.88. The maximum absolute atomic E-state index is 11.7. The molecule has 0 N–H and O–H groups in total. The van der Waals surface area contributed by atoms with Crippen LogP contribution in [0.4, 0.5) is 0 Å². The van der Waals surface area contributed by atoms with Crippen LogP contribution in [0.15, 0.2) is 22.8 Å². The van der Waals surface area contributed by atoms with Gasteiger partial charge in [-0.15, -0.1) is 0 Å². The third kappa shape index (κ3) is 3.02. The quantitative estimate of drug-likeness (QED) is 0.732. The molecule has 0 saturated carbocycles. The summed E-state index contributed by atoms with van der Waals surface area (Å²) in [4.78, 5) is 11.6. The lowest BCUT2D eigenvalue weighted by Crippen LogP contribution is -2.21. The normalized spacial score (nSPS) is 22.1. The summed E-state index contributed by atoms with van der Waals surface area (Å²) in [7, 11) is -1.16. The predicted molar refractivity (Wildman–Crippen MR) is 59.9 cm³/mol. The van der Waals surface area contributed by atoms with Crippen LogP contribution in [0.3, 0.4) is 0 Å². The van der Waals surface area contributed by atoms with Gasteiger partial charge in [-0.2, -0.15) is 0 Å². The molecule has 16 heavy (non-hydrogen) atoms. The van der Waals surface area contributed by atoms with Gasteiger partial charge in [-0.3, -0.25) is 9.00 Å². The summed E-state index contributed by atoms with van der Waals surface area (Å²) in [6.07, 6.45) is 3.47. The van der Waals surface area contributed by atoms with Gasteiger partial charge in [-0.05, 0) is 25.0 Å². The minimum Gasteiger partial charge on any atom is -0.461 e. The van der Waals surface area contributed by atoms with Crippen LogP contribution in [0.2, 0.25) is 0 Å². The van der Waals surface area contributed by atoms with Gasteiger partial charge in [-0.25, -0.2) is 0 Å². The van der Waals surface area contributed by atoms with Crippen LogP contribution < -0.4 is 0 Å². The van der Waals surface area contributed by atoms with E-state index in [4.69, 9.17) is 9.15 Å². The Morgan fingerprint density at radius 1 is 1.56 bits per heavy atom. The zero-order valence-corrected chi connectivity index (χ0v) is 9.70. The Morgan fingerprint density at radius 2 is 2.44 bits per heavy atom. The van der Waals surface area contributed by atoms with Crippen molar-refractivity contribution in [3.05, 3.63) is 24.2 Å². The molecule has 2 heterocycles. The molecule has 2 unspecified atom stereocenters. The van der Waals surface area contributed by atoms with E-state index in [1.165, 1.54) is 6.26 Å². The minimum absolute atomic E-state index is 0.0212. The van der Waals surface area contributed by atoms with Gasteiger partial charge in [0, 0.05) is 17.4 Å². The topological polar surface area (TPSA) is 56.5 Å². The number of hydrogen-bond acceptors (Lipinski definition) is 4. The number of ether oxygens (including phenoxy) is 1. The fraction of sp³-hybridized carbons (Fsp3) is 0.545. The predicted octanol–water partition coefficient (Wildman–Crippen LogP) is 1.39. The van der Waals surface area contributed by atoms with Gasteiger partial charge in [-0.1, -0.05) is 0 Å². The first-order valence-electron chi connectivity index (χ1n) is 5.29. The number of rotatable bonds is 5. The molecule has 0 aliphatic carbocycles. The van der Waals surface area contributed by atoms with Crippen molar-refractivity contribution in [3.8, 4) is 0 Å². The van der Waals surface area contributed by atoms with E-state index in [1.807, 2.05) is 0 Å². The Hall–Kier alpha value is -0.940. The molecule has 1 aliphatic rings. The van der Waals surface area contributed by atoms with E-state index in [1.54, 1.807) is 12.1 Å². The summed E-state index contributed by atoms with van der Waals surface area (Å²) < 4.78 is 22.0. The molecule has 2 rings (SSSR count). The van der Waals surface area contributed by atoms with Crippen molar-refractivity contribution in [2.75, 3.05) is 18.1 Å². The van der Waals surface area contributed by atoms with Gasteiger partial charge in [0.25, 0.3) is 0 Å². The van der Waals surface area contributed by atoms with Crippen molar-refractivity contribution in [1.29, 1.82) is 0 Å². The molecule has 0 amide bonds. The number of carbonyl (C=O) groups is 1. The third-order valence-electron chi connectivity index (χ3n) is 2.48. The van der Waals surface area contributed by atoms with E-state index in [0.29, 0.717) is 5.75 Å². The van der Waals surface area contributed by atoms with Crippen LogP contribution in [0.5, 0.6) is 0 Å². The molecule has 1 aliphatic heterocycles. The van der Waals surface area contributed by atoms with Crippen molar-refractivity contribution >= 4 is 16.6 Å². The Kier molecular flexibility index (Phi) is 3.90. The monoisotopic (exact) mass is 242 g/mol. The van der Waals surface area contributed by atoms with Gasteiger partial charge >= 0.3 is 0 Å². The Balaban J connectivity index is 1.80. The Bertz CT molecular complexity index is 365. The first-order chi connectivity index (χ1) is 7.75. The summed E-state index contributed by atoms with van der Waals surface area (Å²) in [5.41, 5.74) is 0. The van der Waals surface area contributed by atoms with Crippen molar-refractivity contribution in [2.45, 2.75) is 18.9 Å². The summed E-state index contributed by atoms with van der Waals surface area (Å²) in [6.45, 7) is 0.744. The smallest absolute Gasteiger partial charge is 0.210 e. The molecule has 0 bridgehead atoms. The molecule has 1 aromatic rings. The summed E-state index contributed by atoms with van der Waals surface area (Å²) in [5.74, 6) is 0.543. The second-order valence-corrected chi connectivity index (χ2v) is 5.29. The van der Waals surface area contributed by atoms with Crippen LogP contribution in [0.1, 0.15) is 23.4 Å². The van der Waals surface area contributed by atoms with Gasteiger partial charge < -0.3 is 9.15 Å². The maximum Gasteiger partial charge on any atom is 0.210 e. The molecule has 5 heteroatoms. The van der Waals surface area contributed by atoms with Gasteiger partial charge in [0.05, 0.1) is 23.9 Å². The minimum atomic E-state index is -1.16. The van der Waals surface area contributed by atoms with E-state index in [2.05, 4.69) is 0 Å². The van der Waals surface area contributed by atoms with Gasteiger partial charge in [0.1, 0.15) is 0 Å². The molecule has 2 atom stereocenters. The van der Waals surface area contributed by atoms with Crippen LogP contribution in [0.25, 0.3) is 0 Å². The van der Waals surface area contributed by atoms with E-state index in [9.17, 15) is 9.00 Å². The highest BCUT2D eigenvalue weighted by atomic mass is 32.2. The van der Waals surface area contributed by atoms with Crippen LogP contribution in [-0.4, -0.2) is 34.2 Å². The van der Waals surface area contributed by atoms with Crippen molar-refractivity contribution in [3.63, 3.8) is 0 Å². The summed E-state index contributed by atoms with van der Waals surface area (Å²) in [5, 5.41) is 0. The van der Waals surface area contributed by atoms with E-state index >= 15 is 0 Å². The van der Waals surface area contributed by atoms with Crippen molar-refractivity contribution in [1.82, 2.24) is 0 Å². The van der Waals surface area contributed by atoms with E-state index < -0.39 is 10.8 Å². The summed E-state index contributed by atoms with van der Waals surface area (Å²) >= 11 is 0. The van der Waals surface area contributed by atoms with Gasteiger partial charge in [0.2, 0.25) is 5.78 Å². The number of furan rings is 1. The number of ketones is 1. The second kappa shape index (κ2) is 5.41. The SMILES string of the molecule is O=C(CS(=O)CC1CCCO1)c1ccco1. The van der Waals surface area contributed by atoms with Crippen molar-refractivity contribution in [2.24, 2.45) is 0 Å². The molecule has 1 aromatic heterocycles. The first-order valence-corrected chi connectivity index (χ1v) is 6.78. The molecule has 0 radical (unpaired) electrons. The van der Waals surface area contributed by atoms with Crippen molar-refractivity contribution < 1.29 is 18.2 Å². The highest BCUT2D eigenvalue weighted by Crippen LogP contribution is 2.13. The molecule has 0 spiro atoms. The lowest BCUT2D eigenvalue weighted by atomic mass is 10.3. The average molecular weight is 242 g/mol. The zero-order chi connectivity index (χ0) is 11.4. The van der Waals surface area contributed by atoms with Crippen LogP contribution in [0, 0.1) is 0 Å². The zero-order valence-electron chi connectivity index (χ0n) is 8.89. The molecule has 1 saturated heterocycles. The Morgan fingerprint density at radius 3 is 3.06 bits per heavy atom. The number of Topliss-reactive ketones (excluding diaryl/α,β-unsaturated/α-hetero) is 1. The van der Waals surface area contributed by atoms with Crippen LogP contribution in [-0.2, 0) is 15.5 Å². The lowest BCUT2D eigenvalue weighted by molar-refractivity contribution is 0.0990. The molecule has 0 aromatic carbocycles. The molecule has 88 valence electrons. The fourth-order valence-electron chi connectivity index (χ4n) is 1.70. The molecular weight excluding hydrogens is 228 g/mol.